The third-order valence-corrected chi connectivity index (χ3v) is 4.46. The van der Waals surface area contributed by atoms with Gasteiger partial charge in [-0.3, -0.25) is 4.79 Å². The van der Waals surface area contributed by atoms with E-state index in [9.17, 15) is 9.59 Å². The van der Waals surface area contributed by atoms with Gasteiger partial charge in [-0.1, -0.05) is 6.92 Å². The van der Waals surface area contributed by atoms with Gasteiger partial charge < -0.3 is 14.9 Å². The first-order chi connectivity index (χ1) is 7.93. The number of aliphatic carboxylic acids is 1. The Bertz CT molecular complexity index is 298. The predicted molar refractivity (Wildman–Crippen MR) is 68.4 cm³/mol. The summed E-state index contributed by atoms with van der Waals surface area (Å²) in [4.78, 5) is 25.9. The molecule has 0 radical (unpaired) electrons. The summed E-state index contributed by atoms with van der Waals surface area (Å²) in [7, 11) is 1.66. The topological polar surface area (TPSA) is 60.9 Å². The summed E-state index contributed by atoms with van der Waals surface area (Å²) in [6.45, 7) is 5.16. The lowest BCUT2D eigenvalue weighted by Gasteiger charge is -2.39. The van der Waals surface area contributed by atoms with Gasteiger partial charge in [-0.2, -0.15) is 11.8 Å². The largest absolute Gasteiger partial charge is 0.481 e. The summed E-state index contributed by atoms with van der Waals surface area (Å²) < 4.78 is 0. The zero-order valence-electron chi connectivity index (χ0n) is 10.5. The first kappa shape index (κ1) is 14.2. The van der Waals surface area contributed by atoms with Crippen molar-refractivity contribution in [2.24, 2.45) is 0 Å². The van der Waals surface area contributed by atoms with Crippen LogP contribution in [0.2, 0.25) is 0 Å². The van der Waals surface area contributed by atoms with E-state index < -0.39 is 5.97 Å². The Morgan fingerprint density at radius 2 is 2.12 bits per heavy atom. The molecule has 0 saturated carbocycles. The SMILES string of the molecule is CC1SCCN(C(=O)N(C)CCC(=O)O)C1C. The first-order valence-corrected chi connectivity index (χ1v) is 6.83. The molecule has 17 heavy (non-hydrogen) atoms. The molecule has 1 rings (SSSR count). The highest BCUT2D eigenvalue weighted by atomic mass is 32.2. The molecule has 0 spiro atoms. The number of carboxylic acid groups (broad SMARTS) is 1. The molecule has 2 amide bonds. The summed E-state index contributed by atoms with van der Waals surface area (Å²) in [5.41, 5.74) is 0. The summed E-state index contributed by atoms with van der Waals surface area (Å²) in [6, 6.07) is 0.138. The number of hydrogen-bond donors (Lipinski definition) is 1. The highest BCUT2D eigenvalue weighted by Crippen LogP contribution is 2.24. The molecule has 6 heteroatoms. The zero-order chi connectivity index (χ0) is 13.0. The summed E-state index contributed by atoms with van der Waals surface area (Å²) in [5, 5.41) is 9.02. The van der Waals surface area contributed by atoms with Gasteiger partial charge in [0.25, 0.3) is 0 Å². The van der Waals surface area contributed by atoms with Crippen LogP contribution < -0.4 is 0 Å². The van der Waals surface area contributed by atoms with Gasteiger partial charge in [0.1, 0.15) is 0 Å². The predicted octanol–water partition coefficient (Wildman–Crippen LogP) is 1.34. The number of carbonyl (C=O) groups is 2. The molecular weight excluding hydrogens is 240 g/mol. The normalized spacial score (nSPS) is 24.5. The molecule has 1 heterocycles. The van der Waals surface area contributed by atoms with Crippen molar-refractivity contribution in [3.8, 4) is 0 Å². The van der Waals surface area contributed by atoms with Crippen LogP contribution in [0.5, 0.6) is 0 Å². The van der Waals surface area contributed by atoms with E-state index in [1.807, 2.05) is 23.6 Å². The minimum Gasteiger partial charge on any atom is -0.481 e. The molecule has 0 aromatic carbocycles. The Hall–Kier alpha value is -0.910. The molecule has 0 bridgehead atoms. The van der Waals surface area contributed by atoms with Crippen molar-refractivity contribution in [3.05, 3.63) is 0 Å². The number of carboxylic acids is 1. The van der Waals surface area contributed by atoms with E-state index in [4.69, 9.17) is 5.11 Å². The van der Waals surface area contributed by atoms with Crippen LogP contribution in [0.25, 0.3) is 0 Å². The second kappa shape index (κ2) is 6.14. The van der Waals surface area contributed by atoms with E-state index >= 15 is 0 Å². The number of nitrogens with zero attached hydrogens (tertiary/aromatic N) is 2. The Morgan fingerprint density at radius 1 is 1.47 bits per heavy atom. The maximum Gasteiger partial charge on any atom is 0.320 e. The summed E-state index contributed by atoms with van der Waals surface area (Å²) in [5.74, 6) is 0.0737. The fourth-order valence-electron chi connectivity index (χ4n) is 1.78. The minimum absolute atomic E-state index is 0.00519. The van der Waals surface area contributed by atoms with Crippen molar-refractivity contribution in [1.29, 1.82) is 0 Å². The van der Waals surface area contributed by atoms with Gasteiger partial charge in [-0.05, 0) is 6.92 Å². The van der Waals surface area contributed by atoms with Crippen LogP contribution in [-0.4, -0.2) is 64.1 Å². The second-order valence-corrected chi connectivity index (χ2v) is 5.84. The van der Waals surface area contributed by atoms with Gasteiger partial charge in [0.2, 0.25) is 0 Å². The molecule has 0 aromatic rings. The zero-order valence-corrected chi connectivity index (χ0v) is 11.4. The van der Waals surface area contributed by atoms with E-state index in [2.05, 4.69) is 6.92 Å². The van der Waals surface area contributed by atoms with Gasteiger partial charge in [-0.15, -0.1) is 0 Å². The number of carbonyl (C=O) groups excluding carboxylic acids is 1. The van der Waals surface area contributed by atoms with E-state index in [1.54, 1.807) is 7.05 Å². The molecule has 1 aliphatic rings. The van der Waals surface area contributed by atoms with Crippen LogP contribution in [0.3, 0.4) is 0 Å². The van der Waals surface area contributed by atoms with Gasteiger partial charge in [0.15, 0.2) is 0 Å². The molecule has 1 fully saturated rings. The molecular formula is C11H20N2O3S. The quantitative estimate of drug-likeness (QED) is 0.832. The van der Waals surface area contributed by atoms with Gasteiger partial charge in [-0.25, -0.2) is 4.79 Å². The number of rotatable bonds is 3. The van der Waals surface area contributed by atoms with Crippen molar-refractivity contribution in [2.75, 3.05) is 25.9 Å². The van der Waals surface area contributed by atoms with Crippen molar-refractivity contribution < 1.29 is 14.7 Å². The number of thioether (sulfide) groups is 1. The van der Waals surface area contributed by atoms with Gasteiger partial charge >= 0.3 is 12.0 Å². The van der Waals surface area contributed by atoms with Crippen LogP contribution in [0.1, 0.15) is 20.3 Å². The molecule has 2 atom stereocenters. The standard InChI is InChI=1S/C11H20N2O3S/c1-8-9(2)17-7-6-13(8)11(16)12(3)5-4-10(14)15/h8-9H,4-7H2,1-3H3,(H,14,15). The lowest BCUT2D eigenvalue weighted by Crippen LogP contribution is -2.52. The van der Waals surface area contributed by atoms with Crippen molar-refractivity contribution in [2.45, 2.75) is 31.6 Å². The lowest BCUT2D eigenvalue weighted by atomic mass is 10.2. The summed E-state index contributed by atoms with van der Waals surface area (Å²) in [6.07, 6.45) is -0.00519. The second-order valence-electron chi connectivity index (χ2n) is 4.36. The molecule has 0 aromatic heterocycles. The Kier molecular flexibility index (Phi) is 5.11. The molecule has 1 N–H and O–H groups in total. The molecule has 98 valence electrons. The monoisotopic (exact) mass is 260 g/mol. The average molecular weight is 260 g/mol. The number of urea groups is 1. The smallest absolute Gasteiger partial charge is 0.320 e. The minimum atomic E-state index is -0.875. The van der Waals surface area contributed by atoms with Crippen LogP contribution in [-0.2, 0) is 4.79 Å². The Morgan fingerprint density at radius 3 is 2.71 bits per heavy atom. The van der Waals surface area contributed by atoms with E-state index in [-0.39, 0.29) is 25.0 Å². The van der Waals surface area contributed by atoms with Crippen LogP contribution in [0.4, 0.5) is 4.79 Å². The first-order valence-electron chi connectivity index (χ1n) is 5.78. The third-order valence-electron chi connectivity index (χ3n) is 3.12. The fourth-order valence-corrected chi connectivity index (χ4v) is 2.88. The fraction of sp³-hybridized carbons (Fsp3) is 0.818. The van der Waals surface area contributed by atoms with Gasteiger partial charge in [0, 0.05) is 37.2 Å². The molecule has 2 unspecified atom stereocenters. The van der Waals surface area contributed by atoms with Crippen LogP contribution in [0, 0.1) is 0 Å². The van der Waals surface area contributed by atoms with Crippen LogP contribution >= 0.6 is 11.8 Å². The highest BCUT2D eigenvalue weighted by Gasteiger charge is 2.30. The Balaban J connectivity index is 2.53. The van der Waals surface area contributed by atoms with Crippen molar-refractivity contribution in [1.82, 2.24) is 9.80 Å². The maximum atomic E-state index is 12.1. The summed E-state index contributed by atoms with van der Waals surface area (Å²) >= 11 is 1.87. The molecule has 0 aliphatic carbocycles. The third kappa shape index (κ3) is 3.80. The van der Waals surface area contributed by atoms with Crippen molar-refractivity contribution >= 4 is 23.8 Å². The molecule has 5 nitrogen and oxygen atoms in total. The van der Waals surface area contributed by atoms with E-state index in [0.717, 1.165) is 12.3 Å². The Labute approximate surface area is 106 Å². The number of hydrogen-bond acceptors (Lipinski definition) is 3. The van der Waals surface area contributed by atoms with E-state index in [0.29, 0.717) is 5.25 Å². The molecule has 1 saturated heterocycles. The van der Waals surface area contributed by atoms with Crippen molar-refractivity contribution in [3.63, 3.8) is 0 Å². The van der Waals surface area contributed by atoms with E-state index in [1.165, 1.54) is 4.90 Å². The van der Waals surface area contributed by atoms with Crippen LogP contribution in [0.15, 0.2) is 0 Å². The number of amides is 2. The maximum absolute atomic E-state index is 12.1. The average Bonchev–Trinajstić information content (AvgIpc) is 2.28. The lowest BCUT2D eigenvalue weighted by molar-refractivity contribution is -0.137. The van der Waals surface area contributed by atoms with Gasteiger partial charge in [0.05, 0.1) is 6.42 Å². The highest BCUT2D eigenvalue weighted by molar-refractivity contribution is 8.00. The molecule has 1 aliphatic heterocycles.